The number of amides is 1. The summed E-state index contributed by atoms with van der Waals surface area (Å²) in [5.74, 6) is 2.87. The predicted molar refractivity (Wildman–Crippen MR) is 151 cm³/mol. The molecule has 0 unspecified atom stereocenters. The third-order valence-electron chi connectivity index (χ3n) is 10.0. The lowest BCUT2D eigenvalue weighted by molar-refractivity contribution is -0.0937. The van der Waals surface area contributed by atoms with Crippen molar-refractivity contribution in [2.24, 2.45) is 23.5 Å². The number of nitrogens with zero attached hydrogens (tertiary/aromatic N) is 5. The summed E-state index contributed by atoms with van der Waals surface area (Å²) >= 11 is 0. The van der Waals surface area contributed by atoms with Gasteiger partial charge in [-0.15, -0.1) is 0 Å². The molecule has 1 amide bonds. The van der Waals surface area contributed by atoms with Gasteiger partial charge in [-0.05, 0) is 87.5 Å². The Morgan fingerprint density at radius 1 is 1.12 bits per heavy atom. The van der Waals surface area contributed by atoms with Crippen LogP contribution >= 0.6 is 0 Å². The van der Waals surface area contributed by atoms with Crippen LogP contribution in [0, 0.1) is 29.1 Å². The number of fused-ring (bicyclic) bond motifs is 3. The fourth-order valence-electron chi connectivity index (χ4n) is 7.56. The smallest absolute Gasteiger partial charge is 0.254 e. The van der Waals surface area contributed by atoms with E-state index in [1.54, 1.807) is 14.2 Å². The third kappa shape index (κ3) is 4.03. The summed E-state index contributed by atoms with van der Waals surface area (Å²) in [7, 11) is 3.44. The number of rotatable bonds is 8. The number of carbonyl (C=O) groups is 1. The number of hydrogen-bond donors (Lipinski definition) is 1. The van der Waals surface area contributed by atoms with E-state index in [4.69, 9.17) is 20.2 Å². The van der Waals surface area contributed by atoms with Gasteiger partial charge in [0.05, 0.1) is 23.9 Å². The number of aromatic nitrogens is 3. The van der Waals surface area contributed by atoms with E-state index < -0.39 is 0 Å². The number of piperidine rings is 1. The molecule has 2 bridgehead atoms. The molecule has 0 radical (unpaired) electrons. The van der Waals surface area contributed by atoms with Crippen molar-refractivity contribution >= 4 is 16.9 Å². The molecule has 0 spiro atoms. The van der Waals surface area contributed by atoms with Crippen LogP contribution in [0.1, 0.15) is 61.5 Å². The standard InChI is InChI=1S/C31H38N6O3/c1-31(40-3)12-19(13-31)16-37-28-23(34-29(37)25-9-7-22(14-32)35(25)15-18-4-5-18)10-21(11-26(28)39-2)30(38)36-17-20-6-8-24(36)27(20)33/h7,9-11,18-20,24,27H,4-6,8,12-13,15-17,33H2,1-3H3/t19-,20-,24-,27-,31+/m1/s1. The summed E-state index contributed by atoms with van der Waals surface area (Å²) in [6, 6.07) is 10.2. The first-order valence-electron chi connectivity index (χ1n) is 14.6. The van der Waals surface area contributed by atoms with E-state index in [2.05, 4.69) is 22.1 Å². The highest BCUT2D eigenvalue weighted by atomic mass is 16.5. The minimum Gasteiger partial charge on any atom is -0.494 e. The van der Waals surface area contributed by atoms with Gasteiger partial charge in [0.1, 0.15) is 23.0 Å². The van der Waals surface area contributed by atoms with Crippen molar-refractivity contribution in [1.29, 1.82) is 5.26 Å². The zero-order valence-corrected chi connectivity index (χ0v) is 23.6. The Labute approximate surface area is 234 Å². The fraction of sp³-hybridized carbons (Fsp3) is 0.581. The first-order valence-corrected chi connectivity index (χ1v) is 14.6. The average Bonchev–Trinajstić information content (AvgIpc) is 3.26. The quantitative estimate of drug-likeness (QED) is 0.457. The molecule has 40 heavy (non-hydrogen) atoms. The third-order valence-corrected chi connectivity index (χ3v) is 10.0. The van der Waals surface area contributed by atoms with E-state index in [-0.39, 0.29) is 23.6 Å². The largest absolute Gasteiger partial charge is 0.494 e. The Kier molecular flexibility index (Phi) is 5.99. The molecule has 9 heteroatoms. The Morgan fingerprint density at radius 3 is 2.52 bits per heavy atom. The van der Waals surface area contributed by atoms with Gasteiger partial charge < -0.3 is 29.2 Å². The van der Waals surface area contributed by atoms with Crippen LogP contribution in [0.15, 0.2) is 24.3 Å². The van der Waals surface area contributed by atoms with Crippen LogP contribution in [-0.2, 0) is 17.8 Å². The lowest BCUT2D eigenvalue weighted by Gasteiger charge is -2.44. The molecule has 210 valence electrons. The summed E-state index contributed by atoms with van der Waals surface area (Å²) in [6.07, 6.45) is 6.38. The first-order chi connectivity index (χ1) is 19.3. The van der Waals surface area contributed by atoms with Crippen molar-refractivity contribution in [3.05, 3.63) is 35.5 Å². The Bertz CT molecular complexity index is 1520. The number of carbonyl (C=O) groups excluding carboxylic acids is 1. The number of methoxy groups -OCH3 is 2. The van der Waals surface area contributed by atoms with Crippen molar-refractivity contribution in [1.82, 2.24) is 19.0 Å². The molecule has 7 rings (SSSR count). The molecule has 9 nitrogen and oxygen atoms in total. The molecule has 1 aliphatic heterocycles. The minimum absolute atomic E-state index is 0.00215. The number of benzene rings is 1. The van der Waals surface area contributed by atoms with E-state index in [9.17, 15) is 10.1 Å². The number of nitrogens with two attached hydrogens (primary N) is 1. The zero-order chi connectivity index (χ0) is 27.8. The van der Waals surface area contributed by atoms with Crippen LogP contribution in [-0.4, -0.2) is 63.4 Å². The molecular weight excluding hydrogens is 504 g/mol. The van der Waals surface area contributed by atoms with E-state index in [1.165, 1.54) is 12.8 Å². The Balaban J connectivity index is 1.33. The van der Waals surface area contributed by atoms with Gasteiger partial charge in [-0.25, -0.2) is 4.98 Å². The summed E-state index contributed by atoms with van der Waals surface area (Å²) in [5.41, 5.74) is 10.1. The molecule has 3 aromatic rings. The van der Waals surface area contributed by atoms with Gasteiger partial charge in [0, 0.05) is 44.4 Å². The normalized spacial score (nSPS) is 29.1. The Hall–Kier alpha value is -3.35. The van der Waals surface area contributed by atoms with Crippen LogP contribution in [0.5, 0.6) is 5.75 Å². The highest BCUT2D eigenvalue weighted by molar-refractivity contribution is 6.00. The number of imidazole rings is 1. The van der Waals surface area contributed by atoms with Crippen molar-refractivity contribution in [2.45, 2.75) is 76.2 Å². The van der Waals surface area contributed by atoms with Crippen molar-refractivity contribution in [2.75, 3.05) is 20.8 Å². The predicted octanol–water partition coefficient (Wildman–Crippen LogP) is 4.17. The lowest BCUT2D eigenvalue weighted by atomic mass is 9.72. The van der Waals surface area contributed by atoms with Gasteiger partial charge in [-0.2, -0.15) is 5.26 Å². The van der Waals surface area contributed by atoms with E-state index >= 15 is 0 Å². The topological polar surface area (TPSA) is 111 Å². The van der Waals surface area contributed by atoms with Gasteiger partial charge >= 0.3 is 0 Å². The number of ether oxygens (including phenoxy) is 2. The maximum Gasteiger partial charge on any atom is 0.254 e. The highest BCUT2D eigenvalue weighted by Gasteiger charge is 2.47. The molecule has 4 aliphatic rings. The van der Waals surface area contributed by atoms with Gasteiger partial charge in [-0.3, -0.25) is 4.79 Å². The van der Waals surface area contributed by atoms with Crippen LogP contribution in [0.25, 0.3) is 22.6 Å². The van der Waals surface area contributed by atoms with Gasteiger partial charge in [-0.1, -0.05) is 0 Å². The number of likely N-dealkylation sites (tertiary alicyclic amines) is 1. The maximum atomic E-state index is 13.7. The summed E-state index contributed by atoms with van der Waals surface area (Å²) in [5, 5.41) is 9.86. The molecule has 2 N–H and O–H groups in total. The van der Waals surface area contributed by atoms with Crippen LogP contribution in [0.2, 0.25) is 0 Å². The number of nitriles is 1. The summed E-state index contributed by atoms with van der Waals surface area (Å²) < 4.78 is 16.0. The molecule has 3 saturated carbocycles. The fourth-order valence-corrected chi connectivity index (χ4v) is 7.56. The van der Waals surface area contributed by atoms with E-state index in [1.807, 2.05) is 29.2 Å². The van der Waals surface area contributed by atoms with Crippen molar-refractivity contribution in [3.8, 4) is 23.3 Å². The van der Waals surface area contributed by atoms with Crippen molar-refractivity contribution in [3.63, 3.8) is 0 Å². The highest BCUT2D eigenvalue weighted by Crippen LogP contribution is 2.44. The molecule has 3 heterocycles. The minimum atomic E-state index is -0.0962. The van der Waals surface area contributed by atoms with Crippen LogP contribution in [0.4, 0.5) is 0 Å². The second kappa shape index (κ2) is 9.35. The van der Waals surface area contributed by atoms with Gasteiger partial charge in [0.15, 0.2) is 5.82 Å². The molecular formula is C31H38N6O3. The van der Waals surface area contributed by atoms with Crippen LogP contribution in [0.3, 0.4) is 0 Å². The SMILES string of the molecule is COc1cc(C(=O)N2C[C@H]3CC[C@@H]2[C@@H]3N)cc2nc(-c3ccc(C#N)n3CC3CC3)n(C[C@H]3C[C@@](C)(OC)C3)c12. The van der Waals surface area contributed by atoms with Gasteiger partial charge in [0.2, 0.25) is 0 Å². The molecule has 4 fully saturated rings. The molecule has 2 aromatic heterocycles. The maximum absolute atomic E-state index is 13.7. The van der Waals surface area contributed by atoms with Gasteiger partial charge in [0.25, 0.3) is 5.91 Å². The monoisotopic (exact) mass is 542 g/mol. The zero-order valence-electron chi connectivity index (χ0n) is 23.6. The molecule has 1 saturated heterocycles. The number of hydrogen-bond acceptors (Lipinski definition) is 6. The summed E-state index contributed by atoms with van der Waals surface area (Å²) in [4.78, 5) is 20.9. The van der Waals surface area contributed by atoms with Crippen LogP contribution < -0.4 is 10.5 Å². The Morgan fingerprint density at radius 2 is 1.90 bits per heavy atom. The first kappa shape index (κ1) is 25.6. The van der Waals surface area contributed by atoms with E-state index in [0.717, 1.165) is 67.9 Å². The second-order valence-corrected chi connectivity index (χ2v) is 12.7. The average molecular weight is 543 g/mol. The second-order valence-electron chi connectivity index (χ2n) is 12.7. The molecule has 3 aliphatic carbocycles. The molecule has 3 atom stereocenters. The molecule has 1 aromatic carbocycles. The van der Waals surface area contributed by atoms with Crippen molar-refractivity contribution < 1.29 is 14.3 Å². The lowest BCUT2D eigenvalue weighted by Crippen LogP contribution is -2.44. The van der Waals surface area contributed by atoms with E-state index in [0.29, 0.717) is 34.8 Å². The summed E-state index contributed by atoms with van der Waals surface area (Å²) in [6.45, 7) is 4.45.